The Morgan fingerprint density at radius 1 is 1.30 bits per heavy atom. The molecule has 0 aliphatic carbocycles. The lowest BCUT2D eigenvalue weighted by atomic mass is 10.2. The minimum absolute atomic E-state index is 0.374. The first-order valence-corrected chi connectivity index (χ1v) is 6.68. The molecule has 0 fully saturated rings. The van der Waals surface area contributed by atoms with E-state index >= 15 is 0 Å². The van der Waals surface area contributed by atoms with E-state index in [9.17, 15) is 0 Å². The number of hydrogen-bond acceptors (Lipinski definition) is 3. The Morgan fingerprint density at radius 2 is 2.05 bits per heavy atom. The van der Waals surface area contributed by atoms with Gasteiger partial charge in [0.25, 0.3) is 0 Å². The quantitative estimate of drug-likeness (QED) is 0.865. The van der Waals surface area contributed by atoms with Crippen LogP contribution < -0.4 is 10.5 Å². The number of benzene rings is 1. The number of aromatic nitrogens is 2. The molecule has 0 bridgehead atoms. The van der Waals surface area contributed by atoms with Crippen molar-refractivity contribution in [3.63, 3.8) is 0 Å². The van der Waals surface area contributed by atoms with Crippen molar-refractivity contribution in [2.75, 3.05) is 6.54 Å². The molecule has 0 spiro atoms. The van der Waals surface area contributed by atoms with Gasteiger partial charge in [-0.05, 0) is 44.2 Å². The summed E-state index contributed by atoms with van der Waals surface area (Å²) < 4.78 is 7.73. The Balaban J connectivity index is 2.00. The van der Waals surface area contributed by atoms with Crippen LogP contribution >= 0.6 is 0 Å². The number of rotatable bonds is 4. The number of aryl methyl sites for hydroxylation is 2. The van der Waals surface area contributed by atoms with E-state index < -0.39 is 0 Å². The maximum Gasteiger partial charge on any atom is 0.130 e. The van der Waals surface area contributed by atoms with Crippen molar-refractivity contribution >= 4 is 0 Å². The van der Waals surface area contributed by atoms with Gasteiger partial charge in [0.2, 0.25) is 0 Å². The van der Waals surface area contributed by atoms with Crippen molar-refractivity contribution in [2.45, 2.75) is 27.0 Å². The van der Waals surface area contributed by atoms with E-state index in [1.165, 1.54) is 0 Å². The summed E-state index contributed by atoms with van der Waals surface area (Å²) in [5.74, 6) is 6.63. The molecule has 1 aromatic heterocycles. The smallest absolute Gasteiger partial charge is 0.130 e. The van der Waals surface area contributed by atoms with Crippen LogP contribution in [0, 0.1) is 18.8 Å². The molecule has 0 saturated heterocycles. The van der Waals surface area contributed by atoms with Gasteiger partial charge < -0.3 is 10.5 Å². The molecule has 0 radical (unpaired) electrons. The Bertz CT molecular complexity index is 617. The number of ether oxygens (including phenoxy) is 1. The summed E-state index contributed by atoms with van der Waals surface area (Å²) in [6, 6.07) is 9.74. The standard InChI is InChI=1S/C16H19N3O/c1-3-19-15(11-13(2)18-19)12-20-16-8-6-14(7-9-16)5-4-10-17/h6-9,11H,3,10,12,17H2,1-2H3. The van der Waals surface area contributed by atoms with E-state index in [-0.39, 0.29) is 0 Å². The fourth-order valence-corrected chi connectivity index (χ4v) is 1.93. The number of nitrogens with zero attached hydrogens (tertiary/aromatic N) is 2. The van der Waals surface area contributed by atoms with Crippen LogP contribution in [0.15, 0.2) is 30.3 Å². The highest BCUT2D eigenvalue weighted by Gasteiger charge is 2.04. The molecular weight excluding hydrogens is 250 g/mol. The predicted octanol–water partition coefficient (Wildman–Crippen LogP) is 2.10. The van der Waals surface area contributed by atoms with Gasteiger partial charge in [0, 0.05) is 12.1 Å². The normalized spacial score (nSPS) is 9.95. The maximum absolute atomic E-state index is 5.77. The van der Waals surface area contributed by atoms with Gasteiger partial charge in [0.1, 0.15) is 12.4 Å². The van der Waals surface area contributed by atoms with E-state index in [1.807, 2.05) is 41.9 Å². The minimum atomic E-state index is 0.374. The number of hydrogen-bond donors (Lipinski definition) is 1. The van der Waals surface area contributed by atoms with Gasteiger partial charge in [-0.25, -0.2) is 0 Å². The highest BCUT2D eigenvalue weighted by atomic mass is 16.5. The molecule has 2 N–H and O–H groups in total. The zero-order chi connectivity index (χ0) is 14.4. The monoisotopic (exact) mass is 269 g/mol. The summed E-state index contributed by atoms with van der Waals surface area (Å²) in [5.41, 5.74) is 8.38. The van der Waals surface area contributed by atoms with Crippen LogP contribution in [-0.2, 0) is 13.2 Å². The second kappa shape index (κ2) is 6.78. The molecule has 0 amide bonds. The van der Waals surface area contributed by atoms with Gasteiger partial charge in [-0.15, -0.1) is 0 Å². The van der Waals surface area contributed by atoms with Crippen LogP contribution in [-0.4, -0.2) is 16.3 Å². The first-order chi connectivity index (χ1) is 9.72. The van der Waals surface area contributed by atoms with E-state index in [0.717, 1.165) is 29.2 Å². The molecule has 0 aliphatic heterocycles. The van der Waals surface area contributed by atoms with Gasteiger partial charge >= 0.3 is 0 Å². The highest BCUT2D eigenvalue weighted by Crippen LogP contribution is 2.14. The minimum Gasteiger partial charge on any atom is -0.487 e. The molecule has 4 nitrogen and oxygen atoms in total. The largest absolute Gasteiger partial charge is 0.487 e. The lowest BCUT2D eigenvalue weighted by Gasteiger charge is -2.07. The molecule has 0 aliphatic rings. The summed E-state index contributed by atoms with van der Waals surface area (Å²) in [5, 5.41) is 4.40. The highest BCUT2D eigenvalue weighted by molar-refractivity contribution is 5.38. The lowest BCUT2D eigenvalue weighted by molar-refractivity contribution is 0.292. The third kappa shape index (κ3) is 3.62. The summed E-state index contributed by atoms with van der Waals surface area (Å²) in [6.45, 7) is 5.79. The van der Waals surface area contributed by atoms with E-state index in [0.29, 0.717) is 13.2 Å². The predicted molar refractivity (Wildman–Crippen MR) is 79.3 cm³/mol. The van der Waals surface area contributed by atoms with Crippen LogP contribution in [0.4, 0.5) is 0 Å². The van der Waals surface area contributed by atoms with Crippen LogP contribution in [0.3, 0.4) is 0 Å². The molecule has 20 heavy (non-hydrogen) atoms. The van der Waals surface area contributed by atoms with Crippen molar-refractivity contribution < 1.29 is 4.74 Å². The molecule has 1 aromatic carbocycles. The first kappa shape index (κ1) is 14.2. The van der Waals surface area contributed by atoms with Crippen molar-refractivity contribution in [1.82, 2.24) is 9.78 Å². The lowest BCUT2D eigenvalue weighted by Crippen LogP contribution is -2.06. The Labute approximate surface area is 119 Å². The van der Waals surface area contributed by atoms with E-state index in [1.54, 1.807) is 0 Å². The topological polar surface area (TPSA) is 53.1 Å². The van der Waals surface area contributed by atoms with Gasteiger partial charge in [-0.2, -0.15) is 5.10 Å². The SMILES string of the molecule is CCn1nc(C)cc1COc1ccc(C#CCN)cc1. The van der Waals surface area contributed by atoms with Crippen LogP contribution in [0.5, 0.6) is 5.75 Å². The third-order valence-electron chi connectivity index (χ3n) is 2.86. The van der Waals surface area contributed by atoms with Gasteiger partial charge in [0.05, 0.1) is 17.9 Å². The zero-order valence-electron chi connectivity index (χ0n) is 11.9. The fourth-order valence-electron chi connectivity index (χ4n) is 1.93. The zero-order valence-corrected chi connectivity index (χ0v) is 11.9. The average Bonchev–Trinajstić information content (AvgIpc) is 2.84. The van der Waals surface area contributed by atoms with Crippen LogP contribution in [0.2, 0.25) is 0 Å². The molecule has 1 heterocycles. The number of nitrogens with two attached hydrogens (primary N) is 1. The van der Waals surface area contributed by atoms with Crippen LogP contribution in [0.25, 0.3) is 0 Å². The van der Waals surface area contributed by atoms with E-state index in [4.69, 9.17) is 10.5 Å². The molecule has 0 atom stereocenters. The van der Waals surface area contributed by atoms with Gasteiger partial charge in [-0.1, -0.05) is 11.8 Å². The third-order valence-corrected chi connectivity index (χ3v) is 2.86. The second-order valence-corrected chi connectivity index (χ2v) is 4.41. The van der Waals surface area contributed by atoms with Crippen molar-refractivity contribution in [1.29, 1.82) is 0 Å². The average molecular weight is 269 g/mol. The summed E-state index contributed by atoms with van der Waals surface area (Å²) >= 11 is 0. The molecule has 0 unspecified atom stereocenters. The Kier molecular flexibility index (Phi) is 4.80. The fraction of sp³-hybridized carbons (Fsp3) is 0.312. The van der Waals surface area contributed by atoms with Crippen molar-refractivity contribution in [3.8, 4) is 17.6 Å². The van der Waals surface area contributed by atoms with Crippen LogP contribution in [0.1, 0.15) is 23.9 Å². The van der Waals surface area contributed by atoms with Crippen molar-refractivity contribution in [3.05, 3.63) is 47.3 Å². The molecule has 2 rings (SSSR count). The maximum atomic E-state index is 5.77. The van der Waals surface area contributed by atoms with Gasteiger partial charge in [-0.3, -0.25) is 4.68 Å². The second-order valence-electron chi connectivity index (χ2n) is 4.41. The summed E-state index contributed by atoms with van der Waals surface area (Å²) in [7, 11) is 0. The molecular formula is C16H19N3O. The Morgan fingerprint density at radius 3 is 2.70 bits per heavy atom. The molecule has 2 aromatic rings. The van der Waals surface area contributed by atoms with Gasteiger partial charge in [0.15, 0.2) is 0 Å². The van der Waals surface area contributed by atoms with E-state index in [2.05, 4.69) is 23.9 Å². The summed E-state index contributed by atoms with van der Waals surface area (Å²) in [4.78, 5) is 0. The molecule has 104 valence electrons. The molecule has 4 heteroatoms. The Hall–Kier alpha value is -2.25. The first-order valence-electron chi connectivity index (χ1n) is 6.68. The van der Waals surface area contributed by atoms with Crippen molar-refractivity contribution in [2.24, 2.45) is 5.73 Å². The molecule has 0 saturated carbocycles. The summed E-state index contributed by atoms with van der Waals surface area (Å²) in [6.07, 6.45) is 0.